The Balaban J connectivity index is 1.83. The van der Waals surface area contributed by atoms with Crippen molar-refractivity contribution in [2.75, 3.05) is 23.3 Å². The Hall–Kier alpha value is -1.95. The maximum atomic E-state index is 12.3. The molecule has 3 rings (SSSR count). The molecule has 0 aromatic carbocycles. The highest BCUT2D eigenvalue weighted by Crippen LogP contribution is 2.24. The van der Waals surface area contributed by atoms with Crippen LogP contribution < -0.4 is 10.2 Å². The van der Waals surface area contributed by atoms with Gasteiger partial charge in [-0.25, -0.2) is 9.97 Å². The molecule has 116 valence electrons. The zero-order chi connectivity index (χ0) is 15.7. The summed E-state index contributed by atoms with van der Waals surface area (Å²) >= 11 is 1.45. The zero-order valence-electron chi connectivity index (χ0n) is 13.1. The first-order valence-corrected chi connectivity index (χ1v) is 8.39. The number of nitrogens with one attached hydrogen (secondary N) is 1. The third-order valence-electron chi connectivity index (χ3n) is 3.84. The molecule has 1 N–H and O–H groups in total. The van der Waals surface area contributed by atoms with E-state index in [0.717, 1.165) is 41.7 Å². The summed E-state index contributed by atoms with van der Waals surface area (Å²) in [6.45, 7) is 7.85. The van der Waals surface area contributed by atoms with E-state index < -0.39 is 0 Å². The lowest BCUT2D eigenvalue weighted by molar-refractivity contribution is 0.103. The van der Waals surface area contributed by atoms with E-state index >= 15 is 0 Å². The number of anilines is 2. The average molecular weight is 316 g/mol. The van der Waals surface area contributed by atoms with E-state index in [4.69, 9.17) is 0 Å². The van der Waals surface area contributed by atoms with E-state index in [-0.39, 0.29) is 5.91 Å². The Kier molecular flexibility index (Phi) is 4.11. The Morgan fingerprint density at radius 2 is 1.82 bits per heavy atom. The number of amides is 1. The van der Waals surface area contributed by atoms with Crippen LogP contribution in [0.3, 0.4) is 0 Å². The molecule has 0 atom stereocenters. The molecule has 1 fully saturated rings. The molecule has 0 bridgehead atoms. The summed E-state index contributed by atoms with van der Waals surface area (Å²) in [5, 5.41) is 4.93. The molecule has 0 aliphatic carbocycles. The van der Waals surface area contributed by atoms with Crippen molar-refractivity contribution < 1.29 is 4.79 Å². The predicted molar refractivity (Wildman–Crippen MR) is 90.0 cm³/mol. The second-order valence-electron chi connectivity index (χ2n) is 5.71. The second kappa shape index (κ2) is 6.04. The zero-order valence-corrected chi connectivity index (χ0v) is 14.0. The molecule has 22 heavy (non-hydrogen) atoms. The van der Waals surface area contributed by atoms with Crippen LogP contribution in [0.25, 0.3) is 0 Å². The van der Waals surface area contributed by atoms with Gasteiger partial charge < -0.3 is 10.2 Å². The second-order valence-corrected chi connectivity index (χ2v) is 6.62. The monoisotopic (exact) mass is 316 g/mol. The third-order valence-corrected chi connectivity index (χ3v) is 4.89. The molecule has 1 amide bonds. The molecular weight excluding hydrogens is 296 g/mol. The summed E-state index contributed by atoms with van der Waals surface area (Å²) in [4.78, 5) is 24.4. The summed E-state index contributed by atoms with van der Waals surface area (Å²) < 4.78 is 0. The van der Waals surface area contributed by atoms with Crippen LogP contribution in [0.2, 0.25) is 0 Å². The van der Waals surface area contributed by atoms with Gasteiger partial charge in [0.2, 0.25) is 5.95 Å². The van der Waals surface area contributed by atoms with Gasteiger partial charge in [-0.05, 0) is 50.6 Å². The van der Waals surface area contributed by atoms with E-state index in [1.54, 1.807) is 0 Å². The van der Waals surface area contributed by atoms with Gasteiger partial charge >= 0.3 is 0 Å². The summed E-state index contributed by atoms with van der Waals surface area (Å²) in [5.41, 5.74) is 3.45. The van der Waals surface area contributed by atoms with Crippen LogP contribution in [-0.2, 0) is 0 Å². The van der Waals surface area contributed by atoms with Crippen LogP contribution in [0.1, 0.15) is 39.5 Å². The van der Waals surface area contributed by atoms with Crippen LogP contribution >= 0.6 is 11.3 Å². The number of nitrogens with zero attached hydrogens (tertiary/aromatic N) is 3. The first-order chi connectivity index (χ1) is 10.5. The lowest BCUT2D eigenvalue weighted by Gasteiger charge is -2.18. The molecular formula is C16H20N4OS. The number of carbonyl (C=O) groups is 1. The van der Waals surface area contributed by atoms with Crippen molar-refractivity contribution in [2.45, 2.75) is 33.6 Å². The quantitative estimate of drug-likeness (QED) is 0.944. The number of hydrogen-bond acceptors (Lipinski definition) is 5. The van der Waals surface area contributed by atoms with Crippen molar-refractivity contribution >= 4 is 28.9 Å². The minimum atomic E-state index is -0.0955. The molecule has 0 saturated carbocycles. The number of rotatable bonds is 3. The summed E-state index contributed by atoms with van der Waals surface area (Å²) in [7, 11) is 0. The van der Waals surface area contributed by atoms with Crippen molar-refractivity contribution in [3.8, 4) is 0 Å². The smallest absolute Gasteiger partial charge is 0.265 e. The average Bonchev–Trinajstić information content (AvgIpc) is 3.13. The minimum Gasteiger partial charge on any atom is -0.341 e. The van der Waals surface area contributed by atoms with Gasteiger partial charge in [-0.2, -0.15) is 0 Å². The van der Waals surface area contributed by atoms with E-state index in [1.807, 2.05) is 32.2 Å². The van der Waals surface area contributed by atoms with Gasteiger partial charge in [-0.15, -0.1) is 11.3 Å². The first-order valence-electron chi connectivity index (χ1n) is 7.51. The molecule has 1 aliphatic heterocycles. The number of thiophene rings is 1. The van der Waals surface area contributed by atoms with Gasteiger partial charge in [0.05, 0.1) is 22.0 Å². The van der Waals surface area contributed by atoms with Gasteiger partial charge in [0, 0.05) is 13.1 Å². The fraction of sp³-hybridized carbons (Fsp3) is 0.438. The van der Waals surface area contributed by atoms with Crippen molar-refractivity contribution in [1.29, 1.82) is 0 Å². The van der Waals surface area contributed by atoms with Gasteiger partial charge in [0.1, 0.15) is 0 Å². The van der Waals surface area contributed by atoms with E-state index in [2.05, 4.69) is 20.2 Å². The van der Waals surface area contributed by atoms with E-state index in [0.29, 0.717) is 4.88 Å². The molecule has 2 aromatic rings. The maximum Gasteiger partial charge on any atom is 0.265 e. The highest BCUT2D eigenvalue weighted by molar-refractivity contribution is 7.12. The number of aryl methyl sites for hydroxylation is 3. The van der Waals surface area contributed by atoms with E-state index in [9.17, 15) is 4.79 Å². The summed E-state index contributed by atoms with van der Waals surface area (Å²) in [6, 6.07) is 1.89. The normalized spacial score (nSPS) is 14.4. The summed E-state index contributed by atoms with van der Waals surface area (Å²) in [5.74, 6) is 0.680. The van der Waals surface area contributed by atoms with Gasteiger partial charge in [-0.1, -0.05) is 0 Å². The highest BCUT2D eigenvalue weighted by atomic mass is 32.1. The third kappa shape index (κ3) is 2.97. The lowest BCUT2D eigenvalue weighted by Crippen LogP contribution is -2.22. The Morgan fingerprint density at radius 1 is 1.18 bits per heavy atom. The standard InChI is InChI=1S/C16H20N4OS/c1-10-8-13(22-9-10)15(21)19-14-11(2)17-16(18-12(14)3)20-6-4-5-7-20/h8-9H,4-7H2,1-3H3,(H,19,21). The predicted octanol–water partition coefficient (Wildman–Crippen LogP) is 3.32. The van der Waals surface area contributed by atoms with Gasteiger partial charge in [-0.3, -0.25) is 4.79 Å². The van der Waals surface area contributed by atoms with Crippen molar-refractivity contribution in [2.24, 2.45) is 0 Å². The van der Waals surface area contributed by atoms with Crippen LogP contribution in [0.4, 0.5) is 11.6 Å². The Bertz CT molecular complexity index is 681. The molecule has 1 saturated heterocycles. The highest BCUT2D eigenvalue weighted by Gasteiger charge is 2.19. The van der Waals surface area contributed by atoms with Crippen LogP contribution in [0, 0.1) is 20.8 Å². The Morgan fingerprint density at radius 3 is 2.36 bits per heavy atom. The number of carbonyl (C=O) groups excluding carboxylic acids is 1. The number of hydrogen-bond donors (Lipinski definition) is 1. The fourth-order valence-electron chi connectivity index (χ4n) is 2.66. The van der Waals surface area contributed by atoms with Crippen LogP contribution in [0.5, 0.6) is 0 Å². The topological polar surface area (TPSA) is 58.1 Å². The molecule has 1 aliphatic rings. The SMILES string of the molecule is Cc1csc(C(=O)Nc2c(C)nc(N3CCCC3)nc2C)c1. The van der Waals surface area contributed by atoms with E-state index in [1.165, 1.54) is 24.2 Å². The molecule has 0 radical (unpaired) electrons. The fourth-order valence-corrected chi connectivity index (χ4v) is 3.46. The molecule has 5 nitrogen and oxygen atoms in total. The molecule has 2 aromatic heterocycles. The molecule has 0 unspecified atom stereocenters. The van der Waals surface area contributed by atoms with Crippen LogP contribution in [0.15, 0.2) is 11.4 Å². The Labute approximate surface area is 134 Å². The summed E-state index contributed by atoms with van der Waals surface area (Å²) in [6.07, 6.45) is 2.38. The molecule has 3 heterocycles. The lowest BCUT2D eigenvalue weighted by atomic mass is 10.2. The number of aromatic nitrogens is 2. The van der Waals surface area contributed by atoms with Gasteiger partial charge in [0.25, 0.3) is 5.91 Å². The largest absolute Gasteiger partial charge is 0.341 e. The van der Waals surface area contributed by atoms with Crippen molar-refractivity contribution in [1.82, 2.24) is 9.97 Å². The van der Waals surface area contributed by atoms with Gasteiger partial charge in [0.15, 0.2) is 0 Å². The van der Waals surface area contributed by atoms with Crippen molar-refractivity contribution in [3.05, 3.63) is 33.3 Å². The maximum absolute atomic E-state index is 12.3. The molecule has 6 heteroatoms. The molecule has 0 spiro atoms. The van der Waals surface area contributed by atoms with Crippen molar-refractivity contribution in [3.63, 3.8) is 0 Å². The first kappa shape index (κ1) is 15.0. The van der Waals surface area contributed by atoms with Crippen LogP contribution in [-0.4, -0.2) is 29.0 Å². The minimum absolute atomic E-state index is 0.0955.